The molecule has 2 heterocycles. The fraction of sp³-hybridized carbons (Fsp3) is 0.421. The number of rotatable bonds is 3. The molecule has 2 aliphatic carbocycles. The molecule has 0 radical (unpaired) electrons. The second-order valence-corrected chi connectivity index (χ2v) is 8.15. The summed E-state index contributed by atoms with van der Waals surface area (Å²) in [5.74, 6) is 0.988. The Bertz CT molecular complexity index is 940. The lowest BCUT2D eigenvalue weighted by Gasteiger charge is -2.14. The van der Waals surface area contributed by atoms with Gasteiger partial charge in [-0.2, -0.15) is 9.78 Å². The number of aryl methyl sites for hydroxylation is 3. The van der Waals surface area contributed by atoms with E-state index in [1.165, 1.54) is 35.1 Å². The monoisotopic (exact) mass is 352 g/mol. The number of carbonyl (C=O) groups excluding carboxylic acids is 1. The first-order chi connectivity index (χ1) is 12.2. The topological polar surface area (TPSA) is 59.8 Å². The molecule has 2 aliphatic rings. The minimum Gasteiger partial charge on any atom is -0.310 e. The van der Waals surface area contributed by atoms with E-state index in [9.17, 15) is 4.79 Å². The number of hydrogen-bond donors (Lipinski definition) is 1. The third-order valence-corrected chi connectivity index (χ3v) is 6.05. The molecule has 0 bridgehead atoms. The van der Waals surface area contributed by atoms with Crippen LogP contribution in [0.15, 0.2) is 18.2 Å². The Kier molecular flexibility index (Phi) is 3.41. The molecule has 2 aromatic heterocycles. The Labute approximate surface area is 150 Å². The van der Waals surface area contributed by atoms with Gasteiger partial charge in [0.25, 0.3) is 0 Å². The van der Waals surface area contributed by atoms with Crippen LogP contribution in [-0.2, 0) is 17.6 Å². The Morgan fingerprint density at radius 1 is 1.20 bits per heavy atom. The summed E-state index contributed by atoms with van der Waals surface area (Å²) in [6, 6.07) is 6.45. The number of anilines is 1. The van der Waals surface area contributed by atoms with E-state index in [-0.39, 0.29) is 11.8 Å². The van der Waals surface area contributed by atoms with Crippen molar-refractivity contribution < 1.29 is 4.79 Å². The summed E-state index contributed by atoms with van der Waals surface area (Å²) >= 11 is 1.64. The summed E-state index contributed by atoms with van der Waals surface area (Å²) in [4.78, 5) is 16.9. The molecule has 1 aromatic carbocycles. The van der Waals surface area contributed by atoms with Crippen molar-refractivity contribution in [2.75, 3.05) is 5.32 Å². The van der Waals surface area contributed by atoms with Crippen LogP contribution in [-0.4, -0.2) is 20.7 Å². The molecule has 1 amide bonds. The summed E-state index contributed by atoms with van der Waals surface area (Å²) in [7, 11) is 0. The zero-order valence-electron chi connectivity index (χ0n) is 14.2. The van der Waals surface area contributed by atoms with Gasteiger partial charge in [-0.05, 0) is 68.7 Å². The largest absolute Gasteiger partial charge is 0.310 e. The van der Waals surface area contributed by atoms with Gasteiger partial charge in [0.15, 0.2) is 0 Å². The molecule has 25 heavy (non-hydrogen) atoms. The first-order valence-corrected chi connectivity index (χ1v) is 9.79. The lowest BCUT2D eigenvalue weighted by Crippen LogP contribution is -2.16. The second-order valence-electron chi connectivity index (χ2n) is 7.14. The number of nitrogens with one attached hydrogen (secondary N) is 1. The van der Waals surface area contributed by atoms with Crippen molar-refractivity contribution in [3.8, 4) is 5.13 Å². The first-order valence-electron chi connectivity index (χ1n) is 8.97. The van der Waals surface area contributed by atoms with Gasteiger partial charge in [0, 0.05) is 12.0 Å². The molecule has 5 rings (SSSR count). The Balaban J connectivity index is 1.55. The molecule has 0 aliphatic heterocycles. The summed E-state index contributed by atoms with van der Waals surface area (Å²) in [5.41, 5.74) is 4.82. The maximum Gasteiger partial charge on any atom is 0.228 e. The van der Waals surface area contributed by atoms with Crippen molar-refractivity contribution in [3.05, 3.63) is 35.0 Å². The summed E-state index contributed by atoms with van der Waals surface area (Å²) in [6.07, 6.45) is 6.85. The van der Waals surface area contributed by atoms with Crippen molar-refractivity contribution >= 4 is 33.3 Å². The van der Waals surface area contributed by atoms with Crippen molar-refractivity contribution in [2.24, 2.45) is 5.92 Å². The molecule has 0 spiro atoms. The number of thiazole rings is 1. The Morgan fingerprint density at radius 3 is 2.72 bits per heavy atom. The highest BCUT2D eigenvalue weighted by molar-refractivity contribution is 7.20. The highest BCUT2D eigenvalue weighted by Crippen LogP contribution is 2.33. The van der Waals surface area contributed by atoms with Gasteiger partial charge >= 0.3 is 0 Å². The minimum atomic E-state index is 0.0951. The third-order valence-electron chi connectivity index (χ3n) is 5.05. The SMILES string of the molecule is Cc1cc(NC(=O)C2CC2)n(-c2nc3cc4c(cc3s2)CCCC4)n1. The average molecular weight is 352 g/mol. The standard InChI is InChI=1S/C19H20N4OS/c1-11-8-17(21-18(24)12-6-7-12)23(22-11)19-20-15-9-13-4-2-3-5-14(13)10-16(15)25-19/h8-10,12H,2-7H2,1H3,(H,21,24). The van der Waals surface area contributed by atoms with Gasteiger partial charge in [0.05, 0.1) is 15.9 Å². The smallest absolute Gasteiger partial charge is 0.228 e. The van der Waals surface area contributed by atoms with E-state index in [2.05, 4.69) is 22.5 Å². The van der Waals surface area contributed by atoms with Gasteiger partial charge < -0.3 is 5.32 Å². The Hall–Kier alpha value is -2.21. The van der Waals surface area contributed by atoms with E-state index in [1.807, 2.05) is 13.0 Å². The first kappa shape index (κ1) is 15.1. The zero-order valence-corrected chi connectivity index (χ0v) is 15.0. The molecular formula is C19H20N4OS. The third kappa shape index (κ3) is 2.74. The molecule has 1 N–H and O–H groups in total. The van der Waals surface area contributed by atoms with E-state index >= 15 is 0 Å². The van der Waals surface area contributed by atoms with Gasteiger partial charge in [0.2, 0.25) is 11.0 Å². The van der Waals surface area contributed by atoms with Crippen molar-refractivity contribution in [3.63, 3.8) is 0 Å². The van der Waals surface area contributed by atoms with Crippen LogP contribution in [0.4, 0.5) is 5.82 Å². The van der Waals surface area contributed by atoms with Gasteiger partial charge in [0.1, 0.15) is 5.82 Å². The number of carbonyl (C=O) groups is 1. The van der Waals surface area contributed by atoms with Gasteiger partial charge in [-0.25, -0.2) is 4.98 Å². The molecule has 128 valence electrons. The van der Waals surface area contributed by atoms with E-state index < -0.39 is 0 Å². The fourth-order valence-electron chi connectivity index (χ4n) is 3.54. The molecule has 5 nitrogen and oxygen atoms in total. The van der Waals surface area contributed by atoms with Crippen molar-refractivity contribution in [1.29, 1.82) is 0 Å². The van der Waals surface area contributed by atoms with Crippen LogP contribution in [0.1, 0.15) is 42.5 Å². The molecule has 0 unspecified atom stereocenters. The average Bonchev–Trinajstić information content (AvgIpc) is 3.28. The van der Waals surface area contributed by atoms with Gasteiger partial charge in [-0.1, -0.05) is 11.3 Å². The molecule has 0 atom stereocenters. The van der Waals surface area contributed by atoms with E-state index in [0.29, 0.717) is 0 Å². The van der Waals surface area contributed by atoms with E-state index in [4.69, 9.17) is 4.98 Å². The van der Waals surface area contributed by atoms with Gasteiger partial charge in [-0.3, -0.25) is 4.79 Å². The predicted octanol–water partition coefficient (Wildman–Crippen LogP) is 4.02. The molecule has 0 saturated heterocycles. The number of aromatic nitrogens is 3. The second kappa shape index (κ2) is 5.66. The highest BCUT2D eigenvalue weighted by atomic mass is 32.1. The molecule has 3 aromatic rings. The van der Waals surface area contributed by atoms with Crippen LogP contribution >= 0.6 is 11.3 Å². The molecule has 1 saturated carbocycles. The lowest BCUT2D eigenvalue weighted by atomic mass is 9.92. The van der Waals surface area contributed by atoms with Crippen LogP contribution in [0.3, 0.4) is 0 Å². The summed E-state index contributed by atoms with van der Waals surface area (Å²) < 4.78 is 2.97. The normalized spacial score (nSPS) is 16.8. The fourth-order valence-corrected chi connectivity index (χ4v) is 4.52. The van der Waals surface area contributed by atoms with E-state index in [1.54, 1.807) is 16.0 Å². The number of nitrogens with zero attached hydrogens (tertiary/aromatic N) is 3. The van der Waals surface area contributed by atoms with Crippen LogP contribution in [0.25, 0.3) is 15.3 Å². The minimum absolute atomic E-state index is 0.0951. The number of benzene rings is 1. The maximum atomic E-state index is 12.1. The summed E-state index contributed by atoms with van der Waals surface area (Å²) in [5, 5.41) is 8.39. The quantitative estimate of drug-likeness (QED) is 0.774. The highest BCUT2D eigenvalue weighted by Gasteiger charge is 2.30. The van der Waals surface area contributed by atoms with Crippen LogP contribution in [0, 0.1) is 12.8 Å². The van der Waals surface area contributed by atoms with Crippen molar-refractivity contribution in [2.45, 2.75) is 45.4 Å². The van der Waals surface area contributed by atoms with Crippen LogP contribution in [0.2, 0.25) is 0 Å². The lowest BCUT2D eigenvalue weighted by molar-refractivity contribution is -0.117. The van der Waals surface area contributed by atoms with Gasteiger partial charge in [-0.15, -0.1) is 0 Å². The molecule has 1 fully saturated rings. The van der Waals surface area contributed by atoms with Crippen LogP contribution in [0.5, 0.6) is 0 Å². The Morgan fingerprint density at radius 2 is 1.96 bits per heavy atom. The van der Waals surface area contributed by atoms with Crippen molar-refractivity contribution in [1.82, 2.24) is 14.8 Å². The summed E-state index contributed by atoms with van der Waals surface area (Å²) in [6.45, 7) is 1.94. The van der Waals surface area contributed by atoms with Crippen LogP contribution < -0.4 is 5.32 Å². The molecule has 6 heteroatoms. The predicted molar refractivity (Wildman–Crippen MR) is 99.5 cm³/mol. The number of hydrogen-bond acceptors (Lipinski definition) is 4. The number of amides is 1. The van der Waals surface area contributed by atoms with E-state index in [0.717, 1.165) is 41.4 Å². The maximum absolute atomic E-state index is 12.1. The number of fused-ring (bicyclic) bond motifs is 2. The zero-order chi connectivity index (χ0) is 17.0. The molecular weight excluding hydrogens is 332 g/mol.